The largest absolute Gasteiger partial charge is 0.488 e. The Morgan fingerprint density at radius 1 is 0.469 bits per heavy atom. The monoisotopic (exact) mass is 664 g/mol. The van der Waals surface area contributed by atoms with E-state index in [2.05, 4.69) is 0 Å². The average molecular weight is 665 g/mol. The molecule has 0 radical (unpaired) electrons. The summed E-state index contributed by atoms with van der Waals surface area (Å²) in [4.78, 5) is 15.0. The molecule has 5 nitrogen and oxygen atoms in total. The van der Waals surface area contributed by atoms with Crippen molar-refractivity contribution >= 4 is 17.5 Å². The number of para-hydroxylation sites is 1. The number of carbonyl (C=O) groups is 1. The molecular weight excluding hydrogens is 629 g/mol. The highest BCUT2D eigenvalue weighted by Crippen LogP contribution is 2.54. The third-order valence-electron chi connectivity index (χ3n) is 8.29. The van der Waals surface area contributed by atoms with Crippen LogP contribution in [0.15, 0.2) is 157 Å². The minimum atomic E-state index is -0.241. The van der Waals surface area contributed by atoms with E-state index in [9.17, 15) is 4.79 Å². The van der Waals surface area contributed by atoms with Crippen LogP contribution in [0.1, 0.15) is 49.8 Å². The van der Waals surface area contributed by atoms with E-state index in [1.165, 1.54) is 0 Å². The Bertz CT molecular complexity index is 1980. The first kappa shape index (κ1) is 32.1. The van der Waals surface area contributed by atoms with E-state index < -0.39 is 0 Å². The number of ether oxygens (including phenoxy) is 4. The summed E-state index contributed by atoms with van der Waals surface area (Å²) in [6.07, 6.45) is 0.269. The maximum Gasteiger partial charge on any atom is 0.169 e. The van der Waals surface area contributed by atoms with E-state index >= 15 is 0 Å². The number of rotatable bonds is 13. The lowest BCUT2D eigenvalue weighted by molar-refractivity contribution is 0.0970. The van der Waals surface area contributed by atoms with Gasteiger partial charge in [-0.25, -0.2) is 0 Å². The molecule has 0 spiro atoms. The Labute approximate surface area is 291 Å². The topological polar surface area (TPSA) is 54.0 Å². The zero-order valence-corrected chi connectivity index (χ0v) is 27.8. The van der Waals surface area contributed by atoms with Crippen molar-refractivity contribution in [3.05, 3.63) is 185 Å². The van der Waals surface area contributed by atoms with Crippen LogP contribution in [0.25, 0.3) is 0 Å². The summed E-state index contributed by atoms with van der Waals surface area (Å²) < 4.78 is 25.6. The van der Waals surface area contributed by atoms with Crippen molar-refractivity contribution in [2.75, 3.05) is 0 Å². The molecule has 0 amide bonds. The average Bonchev–Trinajstić information content (AvgIpc) is 3.16. The molecule has 6 aromatic carbocycles. The van der Waals surface area contributed by atoms with Gasteiger partial charge in [0.25, 0.3) is 0 Å². The van der Waals surface area contributed by atoms with Gasteiger partial charge in [0, 0.05) is 17.2 Å². The number of thioether (sulfide) groups is 1. The quantitative estimate of drug-likeness (QED) is 0.122. The first-order chi connectivity index (χ1) is 24.2. The SMILES string of the molecule is O=C1CC(c2cccc(OCc3ccccc3)c2OCc2ccccc2)Sc2c(OCc3ccccc3)ccc(OCc3ccccc3)c21. The summed E-state index contributed by atoms with van der Waals surface area (Å²) in [6.45, 7) is 1.50. The highest BCUT2D eigenvalue weighted by molar-refractivity contribution is 7.99. The summed E-state index contributed by atoms with van der Waals surface area (Å²) in [5, 5.41) is -0.241. The molecule has 1 aliphatic rings. The molecule has 0 aliphatic carbocycles. The van der Waals surface area contributed by atoms with Gasteiger partial charge >= 0.3 is 0 Å². The van der Waals surface area contributed by atoms with Crippen LogP contribution in [0.4, 0.5) is 0 Å². The zero-order chi connectivity index (χ0) is 33.3. The van der Waals surface area contributed by atoms with Gasteiger partial charge in [-0.2, -0.15) is 0 Å². The molecule has 0 saturated heterocycles. The minimum Gasteiger partial charge on any atom is -0.488 e. The van der Waals surface area contributed by atoms with Crippen molar-refractivity contribution in [1.29, 1.82) is 0 Å². The normalized spacial score (nSPS) is 13.7. The predicted molar refractivity (Wildman–Crippen MR) is 194 cm³/mol. The molecule has 0 N–H and O–H groups in total. The second-order valence-electron chi connectivity index (χ2n) is 11.8. The summed E-state index contributed by atoms with van der Waals surface area (Å²) in [5.74, 6) is 2.48. The molecule has 1 atom stereocenters. The van der Waals surface area contributed by atoms with Gasteiger partial charge in [0.2, 0.25) is 0 Å². The summed E-state index contributed by atoms with van der Waals surface area (Å²) in [6, 6.07) is 49.8. The lowest BCUT2D eigenvalue weighted by atomic mass is 9.99. The van der Waals surface area contributed by atoms with Crippen LogP contribution in [-0.2, 0) is 26.4 Å². The first-order valence-electron chi connectivity index (χ1n) is 16.4. The van der Waals surface area contributed by atoms with Crippen molar-refractivity contribution in [2.24, 2.45) is 0 Å². The molecule has 0 saturated carbocycles. The van der Waals surface area contributed by atoms with E-state index in [1.54, 1.807) is 11.8 Å². The zero-order valence-electron chi connectivity index (χ0n) is 27.0. The van der Waals surface area contributed by atoms with Crippen LogP contribution in [0.2, 0.25) is 0 Å². The highest BCUT2D eigenvalue weighted by atomic mass is 32.2. The number of hydrogen-bond acceptors (Lipinski definition) is 6. The maximum atomic E-state index is 14.2. The van der Waals surface area contributed by atoms with E-state index in [0.717, 1.165) is 32.7 Å². The van der Waals surface area contributed by atoms with Crippen molar-refractivity contribution in [2.45, 2.75) is 43.0 Å². The third kappa shape index (κ3) is 7.99. The molecule has 1 aliphatic heterocycles. The van der Waals surface area contributed by atoms with Crippen molar-refractivity contribution in [3.63, 3.8) is 0 Å². The number of carbonyl (C=O) groups excluding carboxylic acids is 1. The van der Waals surface area contributed by atoms with Gasteiger partial charge in [0.05, 0.1) is 10.5 Å². The van der Waals surface area contributed by atoms with E-state index in [-0.39, 0.29) is 17.5 Å². The maximum absolute atomic E-state index is 14.2. The fraction of sp³-hybridized carbons (Fsp3) is 0.140. The summed E-state index contributed by atoms with van der Waals surface area (Å²) >= 11 is 1.61. The van der Waals surface area contributed by atoms with Crippen LogP contribution >= 0.6 is 11.8 Å². The molecule has 6 heteroatoms. The summed E-state index contributed by atoms with van der Waals surface area (Å²) in [5.41, 5.74) is 5.63. The number of hydrogen-bond donors (Lipinski definition) is 0. The Balaban J connectivity index is 1.22. The number of Topliss-reactive ketones (excluding diaryl/α,β-unsaturated/α-hetero) is 1. The van der Waals surface area contributed by atoms with Gasteiger partial charge in [-0.15, -0.1) is 11.8 Å². The molecular formula is C43H36O5S. The van der Waals surface area contributed by atoms with Crippen molar-refractivity contribution in [3.8, 4) is 23.0 Å². The van der Waals surface area contributed by atoms with E-state index in [0.29, 0.717) is 55.0 Å². The Morgan fingerprint density at radius 2 is 0.918 bits per heavy atom. The smallest absolute Gasteiger partial charge is 0.169 e. The fourth-order valence-electron chi connectivity index (χ4n) is 5.78. The molecule has 1 unspecified atom stereocenters. The van der Waals surface area contributed by atoms with Crippen LogP contribution in [0.5, 0.6) is 23.0 Å². The number of ketones is 1. The van der Waals surface area contributed by atoms with Crippen LogP contribution in [-0.4, -0.2) is 5.78 Å². The molecule has 6 aromatic rings. The van der Waals surface area contributed by atoms with Gasteiger partial charge in [0.15, 0.2) is 17.3 Å². The Morgan fingerprint density at radius 3 is 1.45 bits per heavy atom. The van der Waals surface area contributed by atoms with Gasteiger partial charge < -0.3 is 18.9 Å². The summed E-state index contributed by atoms with van der Waals surface area (Å²) in [7, 11) is 0. The lowest BCUT2D eigenvalue weighted by Crippen LogP contribution is -2.16. The fourth-order valence-corrected chi connectivity index (χ4v) is 7.19. The molecule has 1 heterocycles. The molecule has 0 aromatic heterocycles. The molecule has 0 bridgehead atoms. The van der Waals surface area contributed by atoms with Crippen LogP contribution < -0.4 is 18.9 Å². The molecule has 244 valence electrons. The second kappa shape index (κ2) is 15.6. The standard InChI is InChI=1S/C43H36O5S/c44-36-26-40(35-22-13-23-38(46-28-32-16-7-2-8-17-32)42(35)48-30-34-20-11-4-12-21-34)49-43-39(47-29-33-18-9-3-10-19-33)25-24-37(41(36)43)45-27-31-14-5-1-6-15-31/h1-25,40H,26-30H2. The first-order valence-corrected chi connectivity index (χ1v) is 17.3. The minimum absolute atomic E-state index is 0.00316. The van der Waals surface area contributed by atoms with Gasteiger partial charge in [-0.1, -0.05) is 133 Å². The van der Waals surface area contributed by atoms with E-state index in [4.69, 9.17) is 18.9 Å². The Hall–Kier alpha value is -5.46. The third-order valence-corrected chi connectivity index (χ3v) is 9.63. The van der Waals surface area contributed by atoms with Gasteiger partial charge in [0.1, 0.15) is 37.9 Å². The number of benzene rings is 6. The van der Waals surface area contributed by atoms with E-state index in [1.807, 2.05) is 152 Å². The number of fused-ring (bicyclic) bond motifs is 1. The Kier molecular flexibility index (Phi) is 10.2. The second-order valence-corrected chi connectivity index (χ2v) is 13.0. The highest BCUT2D eigenvalue weighted by Gasteiger charge is 2.34. The van der Waals surface area contributed by atoms with Gasteiger partial charge in [-0.3, -0.25) is 4.79 Å². The lowest BCUT2D eigenvalue weighted by Gasteiger charge is -2.28. The predicted octanol–water partition coefficient (Wildman–Crippen LogP) is 10.4. The van der Waals surface area contributed by atoms with Gasteiger partial charge in [-0.05, 0) is 40.5 Å². The van der Waals surface area contributed by atoms with Crippen molar-refractivity contribution in [1.82, 2.24) is 0 Å². The van der Waals surface area contributed by atoms with Crippen LogP contribution in [0, 0.1) is 0 Å². The molecule has 49 heavy (non-hydrogen) atoms. The van der Waals surface area contributed by atoms with Crippen molar-refractivity contribution < 1.29 is 23.7 Å². The molecule has 0 fully saturated rings. The van der Waals surface area contributed by atoms with Crippen LogP contribution in [0.3, 0.4) is 0 Å². The molecule has 7 rings (SSSR count).